The van der Waals surface area contributed by atoms with E-state index in [0.717, 1.165) is 27.2 Å². The first-order chi connectivity index (χ1) is 7.15. The van der Waals surface area contributed by atoms with Crippen LogP contribution in [0.5, 0.6) is 0 Å². The van der Waals surface area contributed by atoms with Gasteiger partial charge in [0.25, 0.3) is 0 Å². The van der Waals surface area contributed by atoms with E-state index in [2.05, 4.69) is 27.0 Å². The summed E-state index contributed by atoms with van der Waals surface area (Å²) in [6.07, 6.45) is 2.78. The Bertz CT molecular complexity index is 479. The molecule has 2 rings (SSSR count). The highest BCUT2D eigenvalue weighted by atomic mass is 79.9. The predicted molar refractivity (Wildman–Crippen MR) is 68.2 cm³/mol. The standard InChI is InChI=1S/C11H11BrN2S/c1-7-14-6-10(15-7)4-8-2-3-9(12)5-11(8)13/h2-3,5-6H,4,13H2,1H3. The van der Waals surface area contributed by atoms with Crippen LogP contribution in [-0.2, 0) is 6.42 Å². The number of halogens is 1. The molecule has 0 spiro atoms. The lowest BCUT2D eigenvalue weighted by Crippen LogP contribution is -1.94. The number of aromatic nitrogens is 1. The summed E-state index contributed by atoms with van der Waals surface area (Å²) in [6, 6.07) is 6.00. The average Bonchev–Trinajstić information content (AvgIpc) is 2.56. The van der Waals surface area contributed by atoms with Gasteiger partial charge in [0.15, 0.2) is 0 Å². The molecule has 0 unspecified atom stereocenters. The summed E-state index contributed by atoms with van der Waals surface area (Å²) in [5, 5.41) is 1.10. The molecule has 78 valence electrons. The largest absolute Gasteiger partial charge is 0.398 e. The average molecular weight is 283 g/mol. The third-order valence-corrected chi connectivity index (χ3v) is 3.55. The molecule has 0 saturated heterocycles. The summed E-state index contributed by atoms with van der Waals surface area (Å²) >= 11 is 5.11. The van der Waals surface area contributed by atoms with Crippen molar-refractivity contribution >= 4 is 33.0 Å². The number of benzene rings is 1. The fourth-order valence-electron chi connectivity index (χ4n) is 1.40. The molecule has 0 atom stereocenters. The zero-order valence-electron chi connectivity index (χ0n) is 8.33. The summed E-state index contributed by atoms with van der Waals surface area (Å²) in [4.78, 5) is 5.48. The molecule has 1 heterocycles. The van der Waals surface area contributed by atoms with Gasteiger partial charge in [-0.2, -0.15) is 0 Å². The van der Waals surface area contributed by atoms with Crippen molar-refractivity contribution in [2.75, 3.05) is 5.73 Å². The molecule has 1 aromatic carbocycles. The Hall–Kier alpha value is -0.870. The molecule has 0 amide bonds. The number of nitrogens with two attached hydrogens (primary N) is 1. The van der Waals surface area contributed by atoms with Gasteiger partial charge in [0.05, 0.1) is 5.01 Å². The van der Waals surface area contributed by atoms with Crippen LogP contribution < -0.4 is 5.73 Å². The highest BCUT2D eigenvalue weighted by Gasteiger charge is 2.03. The SMILES string of the molecule is Cc1ncc(Cc2ccc(Br)cc2N)s1. The minimum atomic E-state index is 0.829. The van der Waals surface area contributed by atoms with E-state index in [4.69, 9.17) is 5.73 Å². The molecule has 0 radical (unpaired) electrons. The van der Waals surface area contributed by atoms with E-state index >= 15 is 0 Å². The van der Waals surface area contributed by atoms with Crippen molar-refractivity contribution in [3.05, 3.63) is 44.3 Å². The Kier molecular flexibility index (Phi) is 3.07. The quantitative estimate of drug-likeness (QED) is 0.858. The van der Waals surface area contributed by atoms with Gasteiger partial charge >= 0.3 is 0 Å². The minimum Gasteiger partial charge on any atom is -0.398 e. The van der Waals surface area contributed by atoms with Crippen molar-refractivity contribution in [3.63, 3.8) is 0 Å². The van der Waals surface area contributed by atoms with Gasteiger partial charge in [0, 0.05) is 27.7 Å². The zero-order chi connectivity index (χ0) is 10.8. The Morgan fingerprint density at radius 3 is 2.87 bits per heavy atom. The molecule has 2 nitrogen and oxygen atoms in total. The number of aryl methyl sites for hydroxylation is 1. The van der Waals surface area contributed by atoms with Gasteiger partial charge in [-0.15, -0.1) is 11.3 Å². The topological polar surface area (TPSA) is 38.9 Å². The van der Waals surface area contributed by atoms with Crippen LogP contribution in [0.15, 0.2) is 28.9 Å². The highest BCUT2D eigenvalue weighted by Crippen LogP contribution is 2.23. The van der Waals surface area contributed by atoms with E-state index in [1.807, 2.05) is 25.3 Å². The van der Waals surface area contributed by atoms with E-state index in [0.29, 0.717) is 0 Å². The predicted octanol–water partition coefficient (Wildman–Crippen LogP) is 3.39. The van der Waals surface area contributed by atoms with Crippen molar-refractivity contribution in [2.24, 2.45) is 0 Å². The molecular formula is C11H11BrN2S. The van der Waals surface area contributed by atoms with Crippen LogP contribution in [-0.4, -0.2) is 4.98 Å². The molecule has 0 bridgehead atoms. The van der Waals surface area contributed by atoms with Crippen molar-refractivity contribution in [3.8, 4) is 0 Å². The number of anilines is 1. The first kappa shape index (κ1) is 10.6. The van der Waals surface area contributed by atoms with Gasteiger partial charge < -0.3 is 5.73 Å². The number of hydrogen-bond acceptors (Lipinski definition) is 3. The van der Waals surface area contributed by atoms with Crippen LogP contribution in [0.1, 0.15) is 15.4 Å². The van der Waals surface area contributed by atoms with Crippen LogP contribution >= 0.6 is 27.3 Å². The third kappa shape index (κ3) is 2.58. The maximum absolute atomic E-state index is 5.93. The smallest absolute Gasteiger partial charge is 0.0896 e. The van der Waals surface area contributed by atoms with Gasteiger partial charge in [0.2, 0.25) is 0 Å². The molecule has 0 saturated carbocycles. The Morgan fingerprint density at radius 1 is 1.47 bits per heavy atom. The molecule has 4 heteroatoms. The van der Waals surface area contributed by atoms with Crippen molar-refractivity contribution in [1.29, 1.82) is 0 Å². The molecule has 0 aliphatic carbocycles. The molecule has 15 heavy (non-hydrogen) atoms. The van der Waals surface area contributed by atoms with Crippen LogP contribution in [0.3, 0.4) is 0 Å². The van der Waals surface area contributed by atoms with Gasteiger partial charge in [-0.05, 0) is 24.6 Å². The summed E-state index contributed by atoms with van der Waals surface area (Å²) in [6.45, 7) is 2.01. The van der Waals surface area contributed by atoms with Crippen molar-refractivity contribution in [2.45, 2.75) is 13.3 Å². The Morgan fingerprint density at radius 2 is 2.27 bits per heavy atom. The number of thiazole rings is 1. The van der Waals surface area contributed by atoms with Gasteiger partial charge in [0.1, 0.15) is 0 Å². The van der Waals surface area contributed by atoms with Gasteiger partial charge in [-0.25, -0.2) is 4.98 Å². The number of hydrogen-bond donors (Lipinski definition) is 1. The summed E-state index contributed by atoms with van der Waals surface area (Å²) in [7, 11) is 0. The summed E-state index contributed by atoms with van der Waals surface area (Å²) in [5.41, 5.74) is 7.91. The Labute approximate surface area is 101 Å². The second kappa shape index (κ2) is 4.33. The summed E-state index contributed by atoms with van der Waals surface area (Å²) < 4.78 is 1.02. The normalized spacial score (nSPS) is 10.5. The van der Waals surface area contributed by atoms with E-state index < -0.39 is 0 Å². The monoisotopic (exact) mass is 282 g/mol. The van der Waals surface area contributed by atoms with Gasteiger partial charge in [-0.3, -0.25) is 0 Å². The minimum absolute atomic E-state index is 0.829. The molecule has 1 aromatic heterocycles. The van der Waals surface area contributed by atoms with E-state index in [1.165, 1.54) is 4.88 Å². The molecule has 2 N–H and O–H groups in total. The molecule has 2 aromatic rings. The Balaban J connectivity index is 2.24. The van der Waals surface area contributed by atoms with Crippen LogP contribution in [0, 0.1) is 6.92 Å². The second-order valence-electron chi connectivity index (χ2n) is 3.37. The number of rotatable bonds is 2. The first-order valence-electron chi connectivity index (χ1n) is 4.60. The molecular weight excluding hydrogens is 272 g/mol. The molecule has 0 fully saturated rings. The lowest BCUT2D eigenvalue weighted by molar-refractivity contribution is 1.21. The van der Waals surface area contributed by atoms with E-state index in [-0.39, 0.29) is 0 Å². The third-order valence-electron chi connectivity index (χ3n) is 2.14. The van der Waals surface area contributed by atoms with Crippen LogP contribution in [0.25, 0.3) is 0 Å². The number of nitrogens with zero attached hydrogens (tertiary/aromatic N) is 1. The lowest BCUT2D eigenvalue weighted by atomic mass is 10.1. The van der Waals surface area contributed by atoms with Crippen LogP contribution in [0.4, 0.5) is 5.69 Å². The van der Waals surface area contributed by atoms with Gasteiger partial charge in [-0.1, -0.05) is 22.0 Å². The highest BCUT2D eigenvalue weighted by molar-refractivity contribution is 9.10. The summed E-state index contributed by atoms with van der Waals surface area (Å²) in [5.74, 6) is 0. The molecule has 0 aliphatic rings. The zero-order valence-corrected chi connectivity index (χ0v) is 10.7. The number of nitrogen functional groups attached to an aromatic ring is 1. The van der Waals surface area contributed by atoms with E-state index in [9.17, 15) is 0 Å². The second-order valence-corrected chi connectivity index (χ2v) is 5.60. The first-order valence-corrected chi connectivity index (χ1v) is 6.21. The maximum atomic E-state index is 5.93. The van der Waals surface area contributed by atoms with Crippen molar-refractivity contribution in [1.82, 2.24) is 4.98 Å². The fraction of sp³-hybridized carbons (Fsp3) is 0.182. The lowest BCUT2D eigenvalue weighted by Gasteiger charge is -2.03. The van der Waals surface area contributed by atoms with E-state index in [1.54, 1.807) is 11.3 Å². The van der Waals surface area contributed by atoms with Crippen molar-refractivity contribution < 1.29 is 0 Å². The fourth-order valence-corrected chi connectivity index (χ4v) is 2.60. The molecule has 0 aliphatic heterocycles. The van der Waals surface area contributed by atoms with Crippen LogP contribution in [0.2, 0.25) is 0 Å². The maximum Gasteiger partial charge on any atom is 0.0896 e.